The standard InChI is InChI=1S/C13H22O2/c1(2-6-12-8-9-12)4-10-14-13-7-3-5-11-15-13/h6,13H,1-5,7-11H2. The van der Waals surface area contributed by atoms with Gasteiger partial charge in [0.2, 0.25) is 0 Å². The highest BCUT2D eigenvalue weighted by atomic mass is 16.7. The molecule has 2 fully saturated rings. The van der Waals surface area contributed by atoms with E-state index >= 15 is 0 Å². The summed E-state index contributed by atoms with van der Waals surface area (Å²) in [6.07, 6.45) is 12.4. The number of unbranched alkanes of at least 4 members (excludes halogenated alkanes) is 2. The second-order valence-electron chi connectivity index (χ2n) is 4.53. The summed E-state index contributed by atoms with van der Waals surface area (Å²) in [6.45, 7) is 1.75. The van der Waals surface area contributed by atoms with Crippen molar-refractivity contribution in [3.8, 4) is 0 Å². The average molecular weight is 210 g/mol. The Morgan fingerprint density at radius 1 is 1.27 bits per heavy atom. The summed E-state index contributed by atoms with van der Waals surface area (Å²) in [5, 5.41) is 0. The minimum atomic E-state index is 0.0977. The molecule has 0 bridgehead atoms. The van der Waals surface area contributed by atoms with Crippen LogP contribution in [0.5, 0.6) is 0 Å². The Morgan fingerprint density at radius 2 is 2.20 bits per heavy atom. The lowest BCUT2D eigenvalue weighted by Crippen LogP contribution is -2.22. The number of allylic oxidation sites excluding steroid dienone is 2. The van der Waals surface area contributed by atoms with Gasteiger partial charge in [-0.05, 0) is 51.4 Å². The Bertz CT molecular complexity index is 199. The quantitative estimate of drug-likeness (QED) is 0.494. The van der Waals surface area contributed by atoms with Gasteiger partial charge in [-0.25, -0.2) is 0 Å². The summed E-state index contributed by atoms with van der Waals surface area (Å²) in [6, 6.07) is 0. The smallest absolute Gasteiger partial charge is 0.157 e. The molecule has 0 aromatic heterocycles. The van der Waals surface area contributed by atoms with Crippen molar-refractivity contribution in [2.75, 3.05) is 13.2 Å². The van der Waals surface area contributed by atoms with E-state index in [9.17, 15) is 0 Å². The lowest BCUT2D eigenvalue weighted by atomic mass is 10.2. The van der Waals surface area contributed by atoms with Crippen molar-refractivity contribution in [1.29, 1.82) is 0 Å². The molecule has 0 aromatic carbocycles. The molecule has 2 heteroatoms. The van der Waals surface area contributed by atoms with Gasteiger partial charge in [-0.15, -0.1) is 0 Å². The second-order valence-corrected chi connectivity index (χ2v) is 4.53. The summed E-state index contributed by atoms with van der Waals surface area (Å²) in [5.74, 6) is 0. The molecule has 1 unspecified atom stereocenters. The topological polar surface area (TPSA) is 18.5 Å². The minimum Gasteiger partial charge on any atom is -0.353 e. The predicted octanol–water partition coefficient (Wildman–Crippen LogP) is 3.42. The van der Waals surface area contributed by atoms with Gasteiger partial charge in [0, 0.05) is 13.2 Å². The van der Waals surface area contributed by atoms with Crippen LogP contribution in [0.2, 0.25) is 0 Å². The normalized spacial score (nSPS) is 25.3. The van der Waals surface area contributed by atoms with Crippen LogP contribution in [0.25, 0.3) is 0 Å². The van der Waals surface area contributed by atoms with E-state index in [0.717, 1.165) is 19.6 Å². The second kappa shape index (κ2) is 6.29. The fourth-order valence-corrected chi connectivity index (χ4v) is 1.89. The van der Waals surface area contributed by atoms with Crippen LogP contribution < -0.4 is 0 Å². The van der Waals surface area contributed by atoms with E-state index in [0.29, 0.717) is 0 Å². The number of hydrogen-bond acceptors (Lipinski definition) is 2. The van der Waals surface area contributed by atoms with Gasteiger partial charge in [-0.2, -0.15) is 0 Å². The van der Waals surface area contributed by atoms with Crippen LogP contribution in [0.4, 0.5) is 0 Å². The SMILES string of the molecule is C(CCCCOC1CCCCO1)=C1CC1. The monoisotopic (exact) mass is 210 g/mol. The fraction of sp³-hybridized carbons (Fsp3) is 0.846. The van der Waals surface area contributed by atoms with E-state index in [1.165, 1.54) is 44.9 Å². The number of hydrogen-bond donors (Lipinski definition) is 0. The van der Waals surface area contributed by atoms with E-state index in [-0.39, 0.29) is 6.29 Å². The molecule has 0 spiro atoms. The zero-order valence-corrected chi connectivity index (χ0v) is 9.54. The van der Waals surface area contributed by atoms with Gasteiger partial charge >= 0.3 is 0 Å². The van der Waals surface area contributed by atoms with Gasteiger partial charge in [0.05, 0.1) is 0 Å². The average Bonchev–Trinajstić information content (AvgIpc) is 3.09. The highest BCUT2D eigenvalue weighted by Gasteiger charge is 2.13. The van der Waals surface area contributed by atoms with Crippen LogP contribution in [-0.2, 0) is 9.47 Å². The maximum Gasteiger partial charge on any atom is 0.157 e. The summed E-state index contributed by atoms with van der Waals surface area (Å²) in [5.41, 5.74) is 1.66. The largest absolute Gasteiger partial charge is 0.353 e. The van der Waals surface area contributed by atoms with Gasteiger partial charge in [-0.1, -0.05) is 11.6 Å². The Balaban J connectivity index is 1.42. The van der Waals surface area contributed by atoms with Gasteiger partial charge in [0.15, 0.2) is 6.29 Å². The molecule has 1 aliphatic heterocycles. The molecule has 0 N–H and O–H groups in total. The summed E-state index contributed by atoms with van der Waals surface area (Å²) < 4.78 is 11.2. The first-order valence-corrected chi connectivity index (χ1v) is 6.36. The van der Waals surface area contributed by atoms with Crippen molar-refractivity contribution in [3.05, 3.63) is 11.6 Å². The molecule has 2 aliphatic rings. The van der Waals surface area contributed by atoms with Crippen LogP contribution >= 0.6 is 0 Å². The van der Waals surface area contributed by atoms with Crippen LogP contribution in [0.15, 0.2) is 11.6 Å². The van der Waals surface area contributed by atoms with Crippen molar-refractivity contribution < 1.29 is 9.47 Å². The Labute approximate surface area is 92.6 Å². The molecule has 0 radical (unpaired) electrons. The first kappa shape index (κ1) is 11.2. The number of ether oxygens (including phenoxy) is 2. The molecule has 1 heterocycles. The molecule has 0 aromatic rings. The molecule has 86 valence electrons. The Morgan fingerprint density at radius 3 is 2.93 bits per heavy atom. The molecule has 1 saturated carbocycles. The molecule has 1 atom stereocenters. The molecule has 1 saturated heterocycles. The van der Waals surface area contributed by atoms with Gasteiger partial charge in [0.1, 0.15) is 0 Å². The lowest BCUT2D eigenvalue weighted by molar-refractivity contribution is -0.162. The molecular weight excluding hydrogens is 188 g/mol. The number of rotatable bonds is 6. The predicted molar refractivity (Wildman–Crippen MR) is 60.7 cm³/mol. The summed E-state index contributed by atoms with van der Waals surface area (Å²) in [4.78, 5) is 0. The molecule has 2 rings (SSSR count). The third-order valence-corrected chi connectivity index (χ3v) is 3.01. The fourth-order valence-electron chi connectivity index (χ4n) is 1.89. The molecule has 15 heavy (non-hydrogen) atoms. The molecule has 1 aliphatic carbocycles. The van der Waals surface area contributed by atoms with Crippen LogP contribution in [0.3, 0.4) is 0 Å². The van der Waals surface area contributed by atoms with Crippen molar-refractivity contribution in [1.82, 2.24) is 0 Å². The zero-order chi connectivity index (χ0) is 10.3. The van der Waals surface area contributed by atoms with Crippen LogP contribution in [-0.4, -0.2) is 19.5 Å². The van der Waals surface area contributed by atoms with E-state index in [1.807, 2.05) is 0 Å². The Hall–Kier alpha value is -0.340. The zero-order valence-electron chi connectivity index (χ0n) is 9.54. The first-order chi connectivity index (χ1) is 7.45. The maximum absolute atomic E-state index is 5.66. The Kier molecular flexibility index (Phi) is 4.68. The first-order valence-electron chi connectivity index (χ1n) is 6.36. The summed E-state index contributed by atoms with van der Waals surface area (Å²) in [7, 11) is 0. The van der Waals surface area contributed by atoms with Crippen molar-refractivity contribution in [2.24, 2.45) is 0 Å². The molecule has 2 nitrogen and oxygen atoms in total. The lowest BCUT2D eigenvalue weighted by Gasteiger charge is -2.22. The van der Waals surface area contributed by atoms with Crippen LogP contribution in [0, 0.1) is 0 Å². The third-order valence-electron chi connectivity index (χ3n) is 3.01. The van der Waals surface area contributed by atoms with Gasteiger partial charge < -0.3 is 9.47 Å². The summed E-state index contributed by atoms with van der Waals surface area (Å²) >= 11 is 0. The van der Waals surface area contributed by atoms with Crippen LogP contribution in [0.1, 0.15) is 51.4 Å². The van der Waals surface area contributed by atoms with Crippen molar-refractivity contribution >= 4 is 0 Å². The van der Waals surface area contributed by atoms with Gasteiger partial charge in [-0.3, -0.25) is 0 Å². The minimum absolute atomic E-state index is 0.0977. The van der Waals surface area contributed by atoms with E-state index in [2.05, 4.69) is 6.08 Å². The van der Waals surface area contributed by atoms with Crippen molar-refractivity contribution in [3.63, 3.8) is 0 Å². The highest BCUT2D eigenvalue weighted by Crippen LogP contribution is 2.28. The molecular formula is C13H22O2. The van der Waals surface area contributed by atoms with E-state index < -0.39 is 0 Å². The third kappa shape index (κ3) is 4.80. The molecule has 0 amide bonds. The highest BCUT2D eigenvalue weighted by molar-refractivity contribution is 5.15. The van der Waals surface area contributed by atoms with Crippen molar-refractivity contribution in [2.45, 2.75) is 57.7 Å². The maximum atomic E-state index is 5.66. The van der Waals surface area contributed by atoms with E-state index in [4.69, 9.17) is 9.47 Å². The van der Waals surface area contributed by atoms with Gasteiger partial charge in [0.25, 0.3) is 0 Å². The van der Waals surface area contributed by atoms with E-state index in [1.54, 1.807) is 5.57 Å².